The van der Waals surface area contributed by atoms with Crippen LogP contribution in [0, 0.1) is 0 Å². The van der Waals surface area contributed by atoms with E-state index in [9.17, 15) is 4.79 Å². The van der Waals surface area contributed by atoms with Gasteiger partial charge in [0.15, 0.2) is 0 Å². The first kappa shape index (κ1) is 14.1. The zero-order valence-electron chi connectivity index (χ0n) is 10.6. The van der Waals surface area contributed by atoms with Gasteiger partial charge in [-0.15, -0.1) is 11.3 Å². The van der Waals surface area contributed by atoms with Crippen LogP contribution in [0.25, 0.3) is 10.1 Å². The van der Waals surface area contributed by atoms with Gasteiger partial charge >= 0.3 is 0 Å². The molecule has 0 radical (unpaired) electrons. The van der Waals surface area contributed by atoms with Crippen LogP contribution >= 0.6 is 34.5 Å². The predicted octanol–water partition coefficient (Wildman–Crippen LogP) is 4.44. The van der Waals surface area contributed by atoms with E-state index in [0.717, 1.165) is 10.1 Å². The van der Waals surface area contributed by atoms with E-state index in [-0.39, 0.29) is 5.91 Å². The molecule has 21 heavy (non-hydrogen) atoms. The van der Waals surface area contributed by atoms with Gasteiger partial charge in [0.2, 0.25) is 0 Å². The third-order valence-corrected chi connectivity index (χ3v) is 4.81. The van der Waals surface area contributed by atoms with E-state index in [1.807, 2.05) is 0 Å². The van der Waals surface area contributed by atoms with Crippen molar-refractivity contribution >= 4 is 61.9 Å². The molecule has 0 spiro atoms. The second kappa shape index (κ2) is 5.52. The average Bonchev–Trinajstić information content (AvgIpc) is 2.81. The molecule has 1 aromatic carbocycles. The molecule has 1 amide bonds. The number of aromatic nitrogens is 1. The number of pyridine rings is 1. The number of nitrogens with two attached hydrogens (primary N) is 1. The summed E-state index contributed by atoms with van der Waals surface area (Å²) >= 11 is 13.1. The maximum atomic E-state index is 12.3. The summed E-state index contributed by atoms with van der Waals surface area (Å²) in [6, 6.07) is 6.68. The van der Waals surface area contributed by atoms with Gasteiger partial charge in [0.25, 0.3) is 5.91 Å². The van der Waals surface area contributed by atoms with Crippen LogP contribution in [0.15, 0.2) is 36.7 Å². The number of benzene rings is 1. The molecular weight excluding hydrogens is 329 g/mol. The van der Waals surface area contributed by atoms with Gasteiger partial charge in [0.05, 0.1) is 20.4 Å². The maximum absolute atomic E-state index is 12.3. The minimum Gasteiger partial charge on any atom is -0.397 e. The van der Waals surface area contributed by atoms with E-state index in [0.29, 0.717) is 26.3 Å². The zero-order chi connectivity index (χ0) is 15.0. The number of carbonyl (C=O) groups excluding carboxylic acids is 1. The van der Waals surface area contributed by atoms with Crippen LogP contribution in [-0.2, 0) is 0 Å². The minimum absolute atomic E-state index is 0.285. The van der Waals surface area contributed by atoms with Crippen LogP contribution in [0.2, 0.25) is 10.0 Å². The summed E-state index contributed by atoms with van der Waals surface area (Å²) in [5, 5.41) is 4.39. The molecule has 0 saturated carbocycles. The van der Waals surface area contributed by atoms with Crippen molar-refractivity contribution in [3.8, 4) is 0 Å². The Bertz CT molecular complexity index is 847. The predicted molar refractivity (Wildman–Crippen MR) is 88.4 cm³/mol. The number of rotatable bonds is 2. The molecular formula is C14H9Cl2N3OS. The molecule has 0 fully saturated rings. The summed E-state index contributed by atoms with van der Waals surface area (Å²) in [6.45, 7) is 0. The molecule has 0 aliphatic heterocycles. The Morgan fingerprint density at radius 3 is 2.76 bits per heavy atom. The van der Waals surface area contributed by atoms with Gasteiger partial charge in [-0.2, -0.15) is 0 Å². The number of hydrogen-bond acceptors (Lipinski definition) is 4. The number of hydrogen-bond donors (Lipinski definition) is 2. The van der Waals surface area contributed by atoms with Crippen LogP contribution in [0.1, 0.15) is 9.67 Å². The molecule has 7 heteroatoms. The Balaban J connectivity index is 1.93. The van der Waals surface area contributed by atoms with Crippen LogP contribution < -0.4 is 11.1 Å². The van der Waals surface area contributed by atoms with Gasteiger partial charge in [0, 0.05) is 23.5 Å². The Morgan fingerprint density at radius 2 is 2.05 bits per heavy atom. The molecule has 0 aliphatic rings. The van der Waals surface area contributed by atoms with Gasteiger partial charge in [-0.25, -0.2) is 0 Å². The Morgan fingerprint density at radius 1 is 1.24 bits per heavy atom. The van der Waals surface area contributed by atoms with Crippen molar-refractivity contribution in [3.05, 3.63) is 51.6 Å². The van der Waals surface area contributed by atoms with Gasteiger partial charge < -0.3 is 11.1 Å². The second-order valence-electron chi connectivity index (χ2n) is 4.30. The standard InChI is InChI=1S/C14H9Cl2N3OS/c15-9-2-1-7(5-10(9)16)19-14(20)13-12(17)8-3-4-18-6-11(8)21-13/h1-6H,17H2,(H,19,20). The largest absolute Gasteiger partial charge is 0.397 e. The molecule has 3 N–H and O–H groups in total. The fraction of sp³-hybridized carbons (Fsp3) is 0. The van der Waals surface area contributed by atoms with Crippen molar-refractivity contribution in [2.45, 2.75) is 0 Å². The van der Waals surface area contributed by atoms with Crippen molar-refractivity contribution in [1.29, 1.82) is 0 Å². The summed E-state index contributed by atoms with van der Waals surface area (Å²) in [5.74, 6) is -0.285. The smallest absolute Gasteiger partial charge is 0.267 e. The highest BCUT2D eigenvalue weighted by Crippen LogP contribution is 2.33. The van der Waals surface area contributed by atoms with Gasteiger partial charge in [-0.1, -0.05) is 23.2 Å². The fourth-order valence-electron chi connectivity index (χ4n) is 1.90. The Kier molecular flexibility index (Phi) is 3.71. The number of carbonyl (C=O) groups is 1. The summed E-state index contributed by atoms with van der Waals surface area (Å²) in [6.07, 6.45) is 3.33. The van der Waals surface area contributed by atoms with Gasteiger partial charge in [-0.05, 0) is 24.3 Å². The molecule has 3 rings (SSSR count). The topological polar surface area (TPSA) is 68.0 Å². The summed E-state index contributed by atoms with van der Waals surface area (Å²) < 4.78 is 0.870. The average molecular weight is 338 g/mol. The summed E-state index contributed by atoms with van der Waals surface area (Å²) in [4.78, 5) is 16.8. The first-order chi connectivity index (χ1) is 10.1. The third-order valence-electron chi connectivity index (χ3n) is 2.92. The van der Waals surface area contributed by atoms with E-state index in [4.69, 9.17) is 28.9 Å². The normalized spacial score (nSPS) is 10.8. The number of nitrogens with one attached hydrogen (secondary N) is 1. The maximum Gasteiger partial charge on any atom is 0.267 e. The molecule has 0 atom stereocenters. The summed E-state index contributed by atoms with van der Waals surface area (Å²) in [7, 11) is 0. The van der Waals surface area contributed by atoms with Gasteiger partial charge in [0.1, 0.15) is 4.88 Å². The molecule has 0 saturated heterocycles. The summed E-state index contributed by atoms with van der Waals surface area (Å²) in [5.41, 5.74) is 7.04. The van der Waals surface area contributed by atoms with Crippen LogP contribution in [0.3, 0.4) is 0 Å². The molecule has 0 bridgehead atoms. The number of amides is 1. The van der Waals surface area contributed by atoms with Crippen molar-refractivity contribution < 1.29 is 4.79 Å². The number of nitrogen functional groups attached to an aromatic ring is 1. The lowest BCUT2D eigenvalue weighted by molar-refractivity contribution is 0.103. The number of halogens is 2. The molecule has 4 nitrogen and oxygen atoms in total. The van der Waals surface area contributed by atoms with E-state index < -0.39 is 0 Å². The van der Waals surface area contributed by atoms with Crippen molar-refractivity contribution in [2.75, 3.05) is 11.1 Å². The van der Waals surface area contributed by atoms with Crippen molar-refractivity contribution in [3.63, 3.8) is 0 Å². The minimum atomic E-state index is -0.285. The number of fused-ring (bicyclic) bond motifs is 1. The highest BCUT2D eigenvalue weighted by atomic mass is 35.5. The highest BCUT2D eigenvalue weighted by molar-refractivity contribution is 7.21. The Labute approximate surface area is 134 Å². The van der Waals surface area contributed by atoms with Crippen molar-refractivity contribution in [2.24, 2.45) is 0 Å². The number of anilines is 2. The first-order valence-corrected chi connectivity index (χ1v) is 7.52. The lowest BCUT2D eigenvalue weighted by atomic mass is 10.2. The van der Waals surface area contributed by atoms with E-state index in [2.05, 4.69) is 10.3 Å². The number of thiophene rings is 1. The Hall–Kier alpha value is -1.82. The molecule has 3 aromatic rings. The van der Waals surface area contributed by atoms with E-state index in [1.165, 1.54) is 11.3 Å². The first-order valence-electron chi connectivity index (χ1n) is 5.94. The molecule has 0 unspecified atom stereocenters. The molecule has 2 aromatic heterocycles. The van der Waals surface area contributed by atoms with Crippen LogP contribution in [0.5, 0.6) is 0 Å². The second-order valence-corrected chi connectivity index (χ2v) is 6.17. The lowest BCUT2D eigenvalue weighted by Gasteiger charge is -2.05. The fourth-order valence-corrected chi connectivity index (χ4v) is 3.18. The van der Waals surface area contributed by atoms with Crippen LogP contribution in [-0.4, -0.2) is 10.9 Å². The van der Waals surface area contributed by atoms with Crippen LogP contribution in [0.4, 0.5) is 11.4 Å². The quantitative estimate of drug-likeness (QED) is 0.726. The monoisotopic (exact) mass is 337 g/mol. The highest BCUT2D eigenvalue weighted by Gasteiger charge is 2.16. The van der Waals surface area contributed by atoms with E-state index in [1.54, 1.807) is 36.7 Å². The molecule has 2 heterocycles. The van der Waals surface area contributed by atoms with Crippen molar-refractivity contribution in [1.82, 2.24) is 4.98 Å². The van der Waals surface area contributed by atoms with Gasteiger partial charge in [-0.3, -0.25) is 9.78 Å². The van der Waals surface area contributed by atoms with E-state index >= 15 is 0 Å². The SMILES string of the molecule is Nc1c(C(=O)Nc2ccc(Cl)c(Cl)c2)sc2cnccc12. The molecule has 0 aliphatic carbocycles. The zero-order valence-corrected chi connectivity index (χ0v) is 12.9. The lowest BCUT2D eigenvalue weighted by Crippen LogP contribution is -2.11. The molecule has 106 valence electrons. The number of nitrogens with zero attached hydrogens (tertiary/aromatic N) is 1. The third kappa shape index (κ3) is 2.68.